The van der Waals surface area contributed by atoms with Crippen molar-refractivity contribution >= 4 is 64.5 Å². The number of hydrogen-bond acceptors (Lipinski definition) is 11. The first kappa shape index (κ1) is 47.5. The highest BCUT2D eigenvalue weighted by Crippen LogP contribution is 2.42. The van der Waals surface area contributed by atoms with E-state index in [1.165, 1.54) is 26.4 Å². The summed E-state index contributed by atoms with van der Waals surface area (Å²) >= 11 is 0. The summed E-state index contributed by atoms with van der Waals surface area (Å²) < 4.78 is 114. The predicted octanol–water partition coefficient (Wildman–Crippen LogP) is 10.3. The molecule has 0 heterocycles. The van der Waals surface area contributed by atoms with Crippen molar-refractivity contribution < 1.29 is 48.4 Å². The van der Waals surface area contributed by atoms with Crippen LogP contribution in [0.1, 0.15) is 67.1 Å². The molecule has 0 saturated heterocycles. The largest absolute Gasteiger partial charge is 0.495 e. The van der Waals surface area contributed by atoms with E-state index >= 15 is 0 Å². The summed E-state index contributed by atoms with van der Waals surface area (Å²) in [4.78, 5) is -0.720. The number of nitrogens with one attached hydrogen (secondary N) is 3. The first-order valence-corrected chi connectivity index (χ1v) is 24.2. The Morgan fingerprint density at radius 3 is 1.22 bits per heavy atom. The minimum absolute atomic E-state index is 0.0862. The zero-order valence-corrected chi connectivity index (χ0v) is 39.4. The maximum atomic E-state index is 12.3. The quantitative estimate of drug-likeness (QED) is 0.0443. The Morgan fingerprint density at radius 1 is 0.453 bits per heavy atom. The molecule has 338 valence electrons. The van der Waals surface area contributed by atoms with Crippen molar-refractivity contribution in [3.8, 4) is 11.5 Å². The minimum Gasteiger partial charge on any atom is -0.495 e. The molecule has 6 aromatic carbocycles. The molecule has 0 radical (unpaired) electrons. The predicted molar refractivity (Wildman–Crippen MR) is 250 cm³/mol. The maximum Gasteiger partial charge on any atom is 0.298 e. The van der Waals surface area contributed by atoms with E-state index in [2.05, 4.69) is 16.0 Å². The molecule has 0 unspecified atom stereocenters. The van der Waals surface area contributed by atoms with Crippen LogP contribution in [-0.4, -0.2) is 53.1 Å². The number of benzene rings is 6. The number of anilines is 6. The fourth-order valence-corrected chi connectivity index (χ4v) is 11.2. The average molecular weight is 930 g/mol. The van der Waals surface area contributed by atoms with Crippen molar-refractivity contribution in [2.24, 2.45) is 0 Å². The van der Waals surface area contributed by atoms with Gasteiger partial charge in [0.2, 0.25) is 0 Å². The van der Waals surface area contributed by atoms with Crippen LogP contribution in [-0.2, 0) is 30.4 Å². The Kier molecular flexibility index (Phi) is 13.3. The zero-order valence-electron chi connectivity index (χ0n) is 37.0. The highest BCUT2D eigenvalue weighted by Gasteiger charge is 2.26. The third kappa shape index (κ3) is 9.74. The van der Waals surface area contributed by atoms with Gasteiger partial charge in [-0.1, -0.05) is 36.4 Å². The molecule has 14 nitrogen and oxygen atoms in total. The molecule has 0 saturated carbocycles. The van der Waals surface area contributed by atoms with Gasteiger partial charge in [0.15, 0.2) is 0 Å². The van der Waals surface area contributed by atoms with Gasteiger partial charge in [-0.25, -0.2) is 0 Å². The molecule has 0 spiro atoms. The molecule has 0 aliphatic heterocycles. The summed E-state index contributed by atoms with van der Waals surface area (Å²) in [6.07, 6.45) is 0. The van der Waals surface area contributed by atoms with E-state index in [9.17, 15) is 38.9 Å². The Bertz CT molecular complexity index is 2990. The van der Waals surface area contributed by atoms with Crippen molar-refractivity contribution in [2.45, 2.75) is 76.0 Å². The zero-order chi connectivity index (χ0) is 47.2. The van der Waals surface area contributed by atoms with Gasteiger partial charge in [0.05, 0.1) is 19.9 Å². The van der Waals surface area contributed by atoms with Crippen LogP contribution in [0.25, 0.3) is 0 Å². The molecular formula is C47H51N3O11S3. The van der Waals surface area contributed by atoms with Gasteiger partial charge in [-0.2, -0.15) is 25.3 Å². The van der Waals surface area contributed by atoms with Crippen LogP contribution in [0.15, 0.2) is 99.6 Å². The van der Waals surface area contributed by atoms with Gasteiger partial charge in [0, 0.05) is 40.4 Å². The fraction of sp³-hybridized carbons (Fsp3) is 0.234. The van der Waals surface area contributed by atoms with Crippen LogP contribution in [0.4, 0.5) is 34.1 Å². The summed E-state index contributed by atoms with van der Waals surface area (Å²) in [5, 5.41) is 9.95. The van der Waals surface area contributed by atoms with Gasteiger partial charge in [0.1, 0.15) is 26.2 Å². The summed E-state index contributed by atoms with van der Waals surface area (Å²) in [6, 6.07) is 25.3. The highest BCUT2D eigenvalue weighted by molar-refractivity contribution is 7.86. The van der Waals surface area contributed by atoms with E-state index in [0.717, 1.165) is 38.9 Å². The topological polar surface area (TPSA) is 218 Å². The second kappa shape index (κ2) is 17.9. The average Bonchev–Trinajstić information content (AvgIpc) is 3.18. The molecule has 6 rings (SSSR count). The molecule has 17 heteroatoms. The molecule has 0 atom stereocenters. The summed E-state index contributed by atoms with van der Waals surface area (Å²) in [6.45, 7) is 14.2. The Labute approximate surface area is 374 Å². The summed E-state index contributed by atoms with van der Waals surface area (Å²) in [5.41, 5.74) is 11.2. The summed E-state index contributed by atoms with van der Waals surface area (Å²) in [7, 11) is -10.9. The third-order valence-corrected chi connectivity index (χ3v) is 14.4. The van der Waals surface area contributed by atoms with E-state index < -0.39 is 35.2 Å². The van der Waals surface area contributed by atoms with Crippen LogP contribution in [0, 0.1) is 55.4 Å². The van der Waals surface area contributed by atoms with E-state index in [0.29, 0.717) is 50.7 Å². The Balaban J connectivity index is 1.44. The van der Waals surface area contributed by atoms with Gasteiger partial charge in [0.25, 0.3) is 30.4 Å². The van der Waals surface area contributed by atoms with Crippen LogP contribution in [0.3, 0.4) is 0 Å². The van der Waals surface area contributed by atoms with Crippen molar-refractivity contribution in [1.29, 1.82) is 0 Å². The molecule has 6 N–H and O–H groups in total. The number of methoxy groups -OCH3 is 2. The lowest BCUT2D eigenvalue weighted by Gasteiger charge is -2.25. The molecule has 6 aromatic rings. The molecule has 0 aromatic heterocycles. The smallest absolute Gasteiger partial charge is 0.298 e. The standard InChI is InChI=1S/C47H51N3O11S3/c1-25-21-37(48-38-23-41(62(51,52)53)40(61-10)24-39(38)60-9)22-26(2)42(25)43(33-11-15-35(16-12-33)49-44-27(3)19-29(5)46(31(44)7)63(54,55)56)34-13-17-36(18-14-34)50-45-28(4)20-30(6)47(32(45)8)64(57,58)59/h11-24,43,48-50H,1-10H3,(H,51,52,53)(H,54,55,56)(H,57,58,59). The van der Waals surface area contributed by atoms with Crippen molar-refractivity contribution in [3.63, 3.8) is 0 Å². The summed E-state index contributed by atoms with van der Waals surface area (Å²) in [5.74, 6) is -0.155. The maximum absolute atomic E-state index is 12.3. The molecule has 0 fully saturated rings. The molecular weight excluding hydrogens is 879 g/mol. The number of aryl methyl sites for hydroxylation is 6. The molecule has 64 heavy (non-hydrogen) atoms. The lowest BCUT2D eigenvalue weighted by molar-refractivity contribution is 0.384. The van der Waals surface area contributed by atoms with Crippen LogP contribution < -0.4 is 25.4 Å². The number of rotatable bonds is 14. The molecule has 0 aliphatic rings. The SMILES string of the molecule is COc1cc(OC)c(S(=O)(=O)O)cc1Nc1cc(C)c(C(c2ccc(Nc3c(C)cc(C)c(S(=O)(=O)O)c3C)cc2)c2ccc(Nc3c(C)cc(C)c(S(=O)(=O)O)c3C)cc2)c(C)c1. The first-order chi connectivity index (χ1) is 29.8. The fourth-order valence-electron chi connectivity index (χ4n) is 8.67. The van der Waals surface area contributed by atoms with E-state index in [4.69, 9.17) is 9.47 Å². The second-order valence-electron chi connectivity index (χ2n) is 15.9. The van der Waals surface area contributed by atoms with Gasteiger partial charge in [-0.05, 0) is 159 Å². The van der Waals surface area contributed by atoms with E-state index in [1.54, 1.807) is 39.8 Å². The Hall–Kier alpha value is -5.95. The van der Waals surface area contributed by atoms with Crippen molar-refractivity contribution in [1.82, 2.24) is 0 Å². The minimum atomic E-state index is -4.65. The van der Waals surface area contributed by atoms with Gasteiger partial charge >= 0.3 is 0 Å². The first-order valence-electron chi connectivity index (χ1n) is 19.9. The molecule has 0 bridgehead atoms. The monoisotopic (exact) mass is 929 g/mol. The second-order valence-corrected chi connectivity index (χ2v) is 20.0. The van der Waals surface area contributed by atoms with Gasteiger partial charge < -0.3 is 25.4 Å². The van der Waals surface area contributed by atoms with E-state index in [1.807, 2.05) is 88.4 Å². The van der Waals surface area contributed by atoms with E-state index in [-0.39, 0.29) is 32.9 Å². The van der Waals surface area contributed by atoms with Crippen LogP contribution in [0.2, 0.25) is 0 Å². The van der Waals surface area contributed by atoms with Crippen molar-refractivity contribution in [3.05, 3.63) is 146 Å². The van der Waals surface area contributed by atoms with Crippen LogP contribution >= 0.6 is 0 Å². The molecule has 0 aliphatic carbocycles. The normalized spacial score (nSPS) is 12.0. The van der Waals surface area contributed by atoms with Crippen molar-refractivity contribution in [2.75, 3.05) is 30.2 Å². The third-order valence-electron chi connectivity index (χ3n) is 11.3. The van der Waals surface area contributed by atoms with Gasteiger partial charge in [-0.3, -0.25) is 13.7 Å². The number of hydrogen-bond donors (Lipinski definition) is 6. The van der Waals surface area contributed by atoms with Crippen LogP contribution in [0.5, 0.6) is 11.5 Å². The lowest BCUT2D eigenvalue weighted by atomic mass is 9.80. The Morgan fingerprint density at radius 2 is 0.859 bits per heavy atom. The molecule has 0 amide bonds. The lowest BCUT2D eigenvalue weighted by Crippen LogP contribution is -2.10. The number of ether oxygens (including phenoxy) is 2. The highest BCUT2D eigenvalue weighted by atomic mass is 32.2. The van der Waals surface area contributed by atoms with Gasteiger partial charge in [-0.15, -0.1) is 0 Å².